The number of anilines is 1. The van der Waals surface area contributed by atoms with Crippen LogP contribution in [-0.4, -0.2) is 41.8 Å². The van der Waals surface area contributed by atoms with Crippen molar-refractivity contribution in [2.24, 2.45) is 5.41 Å². The number of esters is 1. The molecule has 0 spiro atoms. The number of rotatable bonds is 5. The minimum atomic E-state index is -0.655. The third-order valence-electron chi connectivity index (χ3n) is 3.03. The van der Waals surface area contributed by atoms with E-state index in [0.717, 1.165) is 0 Å². The van der Waals surface area contributed by atoms with Crippen molar-refractivity contribution >= 4 is 11.8 Å². The van der Waals surface area contributed by atoms with Gasteiger partial charge in [0.2, 0.25) is 0 Å². The predicted octanol–water partition coefficient (Wildman–Crippen LogP) is 0.260. The summed E-state index contributed by atoms with van der Waals surface area (Å²) in [5.41, 5.74) is 4.33. The Labute approximate surface area is 133 Å². The number of hydrogen-bond acceptors (Lipinski definition) is 8. The normalized spacial score (nSPS) is 21.3. The number of nitrogens with zero attached hydrogens (tertiary/aromatic N) is 2. The first kappa shape index (κ1) is 17.4. The third-order valence-corrected chi connectivity index (χ3v) is 3.03. The zero-order valence-corrected chi connectivity index (χ0v) is 13.4. The molecule has 23 heavy (non-hydrogen) atoms. The highest BCUT2D eigenvalue weighted by molar-refractivity contribution is 5.75. The van der Waals surface area contributed by atoms with Crippen molar-refractivity contribution in [3.63, 3.8) is 0 Å². The summed E-state index contributed by atoms with van der Waals surface area (Å²) in [7, 11) is 0. The number of carbonyl (C=O) groups excluding carboxylic acids is 1. The smallest absolute Gasteiger partial charge is 0.351 e. The summed E-state index contributed by atoms with van der Waals surface area (Å²) in [4.78, 5) is 26.9. The van der Waals surface area contributed by atoms with Crippen molar-refractivity contribution < 1.29 is 23.7 Å². The molecule has 2 heterocycles. The van der Waals surface area contributed by atoms with E-state index in [1.54, 1.807) is 20.8 Å². The molecule has 0 amide bonds. The van der Waals surface area contributed by atoms with Crippen LogP contribution in [0.15, 0.2) is 17.1 Å². The van der Waals surface area contributed by atoms with E-state index in [0.29, 0.717) is 0 Å². The highest BCUT2D eigenvalue weighted by Crippen LogP contribution is 2.20. The van der Waals surface area contributed by atoms with Crippen LogP contribution >= 0.6 is 0 Å². The van der Waals surface area contributed by atoms with Gasteiger partial charge >= 0.3 is 11.7 Å². The standard InChI is InChI=1S/C14H21N3O6/c1-14(2,3)12(18)22-8-20-7-11-21-6-10(23-11)17-5-4-9(15)16-13(17)19/h4-5,10-11H,6-8H2,1-3H3,(H2,15,16,19)/t10-,11-/m0/s1. The zero-order chi connectivity index (χ0) is 17.0. The molecule has 1 aliphatic rings. The van der Waals surface area contributed by atoms with Gasteiger partial charge in [0.15, 0.2) is 19.3 Å². The molecular formula is C14H21N3O6. The molecule has 2 N–H and O–H groups in total. The molecular weight excluding hydrogens is 306 g/mol. The molecule has 0 unspecified atom stereocenters. The monoisotopic (exact) mass is 327 g/mol. The van der Waals surface area contributed by atoms with Crippen LogP contribution in [0.5, 0.6) is 0 Å². The van der Waals surface area contributed by atoms with Gasteiger partial charge in [-0.1, -0.05) is 0 Å². The molecule has 128 valence electrons. The molecule has 2 rings (SSSR count). The van der Waals surface area contributed by atoms with Crippen molar-refractivity contribution in [3.8, 4) is 0 Å². The summed E-state index contributed by atoms with van der Waals surface area (Å²) in [6.45, 7) is 5.32. The lowest BCUT2D eigenvalue weighted by molar-refractivity contribution is -0.177. The van der Waals surface area contributed by atoms with Crippen LogP contribution < -0.4 is 11.4 Å². The van der Waals surface area contributed by atoms with Gasteiger partial charge in [0.25, 0.3) is 0 Å². The summed E-state index contributed by atoms with van der Waals surface area (Å²) < 4.78 is 22.4. The fourth-order valence-corrected chi connectivity index (χ4v) is 1.78. The van der Waals surface area contributed by atoms with Crippen LogP contribution in [-0.2, 0) is 23.7 Å². The second-order valence-corrected chi connectivity index (χ2v) is 6.07. The Morgan fingerprint density at radius 3 is 2.91 bits per heavy atom. The van der Waals surface area contributed by atoms with Crippen LogP contribution in [0, 0.1) is 5.41 Å². The van der Waals surface area contributed by atoms with Crippen LogP contribution in [0.1, 0.15) is 27.0 Å². The molecule has 0 saturated carbocycles. The maximum Gasteiger partial charge on any atom is 0.351 e. The number of nitrogen functional groups attached to an aromatic ring is 1. The number of hydrogen-bond donors (Lipinski definition) is 1. The Morgan fingerprint density at radius 1 is 1.52 bits per heavy atom. The lowest BCUT2D eigenvalue weighted by Gasteiger charge is -2.17. The van der Waals surface area contributed by atoms with Crippen molar-refractivity contribution in [1.29, 1.82) is 0 Å². The van der Waals surface area contributed by atoms with Crippen molar-refractivity contribution in [1.82, 2.24) is 9.55 Å². The molecule has 2 atom stereocenters. The molecule has 1 aromatic rings. The first-order chi connectivity index (χ1) is 10.8. The van der Waals surface area contributed by atoms with Gasteiger partial charge in [-0.15, -0.1) is 0 Å². The van der Waals surface area contributed by atoms with Gasteiger partial charge in [0.1, 0.15) is 12.4 Å². The SMILES string of the molecule is CC(C)(C)C(=O)OCOC[C@H]1OC[C@@H](n2ccc(N)nc2=O)O1. The van der Waals surface area contributed by atoms with Crippen molar-refractivity contribution in [3.05, 3.63) is 22.7 Å². The predicted molar refractivity (Wildman–Crippen MR) is 79.1 cm³/mol. The Bertz CT molecular complexity index is 609. The van der Waals surface area contributed by atoms with Crippen LogP contribution in [0.4, 0.5) is 5.82 Å². The molecule has 1 aliphatic heterocycles. The summed E-state index contributed by atoms with van der Waals surface area (Å²) in [5.74, 6) is -0.214. The Balaban J connectivity index is 1.76. The van der Waals surface area contributed by atoms with Gasteiger partial charge < -0.3 is 24.7 Å². The molecule has 1 aromatic heterocycles. The van der Waals surface area contributed by atoms with Crippen molar-refractivity contribution in [2.75, 3.05) is 25.7 Å². The molecule has 9 nitrogen and oxygen atoms in total. The van der Waals surface area contributed by atoms with Gasteiger partial charge in [0.05, 0.1) is 12.0 Å². The maximum atomic E-state index is 11.7. The van der Waals surface area contributed by atoms with Gasteiger partial charge in [-0.25, -0.2) is 4.79 Å². The fraction of sp³-hybridized carbons (Fsp3) is 0.643. The molecule has 1 saturated heterocycles. The number of carbonyl (C=O) groups is 1. The minimum Gasteiger partial charge on any atom is -0.438 e. The first-order valence-electron chi connectivity index (χ1n) is 7.14. The average molecular weight is 327 g/mol. The zero-order valence-electron chi connectivity index (χ0n) is 13.4. The largest absolute Gasteiger partial charge is 0.438 e. The second kappa shape index (κ2) is 7.07. The van der Waals surface area contributed by atoms with E-state index in [1.165, 1.54) is 16.8 Å². The first-order valence-corrected chi connectivity index (χ1v) is 7.14. The number of aromatic nitrogens is 2. The number of nitrogens with two attached hydrogens (primary N) is 1. The van der Waals surface area contributed by atoms with Crippen molar-refractivity contribution in [2.45, 2.75) is 33.3 Å². The molecule has 0 aromatic carbocycles. The topological polar surface area (TPSA) is 115 Å². The highest BCUT2D eigenvalue weighted by Gasteiger charge is 2.29. The Morgan fingerprint density at radius 2 is 2.26 bits per heavy atom. The van der Waals surface area contributed by atoms with E-state index in [4.69, 9.17) is 24.7 Å². The minimum absolute atomic E-state index is 0.0745. The summed E-state index contributed by atoms with van der Waals surface area (Å²) in [6, 6.07) is 1.50. The fourth-order valence-electron chi connectivity index (χ4n) is 1.78. The number of ether oxygens (including phenoxy) is 4. The van der Waals surface area contributed by atoms with Crippen LogP contribution in [0.3, 0.4) is 0 Å². The lowest BCUT2D eigenvalue weighted by Crippen LogP contribution is -2.29. The quantitative estimate of drug-likeness (QED) is 0.465. The third kappa shape index (κ3) is 4.75. The van der Waals surface area contributed by atoms with E-state index in [-0.39, 0.29) is 31.8 Å². The van der Waals surface area contributed by atoms with Gasteiger partial charge in [-0.05, 0) is 26.8 Å². The van der Waals surface area contributed by atoms with Gasteiger partial charge in [-0.3, -0.25) is 9.36 Å². The average Bonchev–Trinajstić information content (AvgIpc) is 2.90. The van der Waals surface area contributed by atoms with Crippen LogP contribution in [0.25, 0.3) is 0 Å². The Hall–Kier alpha value is -1.97. The Kier molecular flexibility index (Phi) is 5.34. The molecule has 9 heteroatoms. The summed E-state index contributed by atoms with van der Waals surface area (Å²) in [5, 5.41) is 0. The maximum absolute atomic E-state index is 11.7. The van der Waals surface area contributed by atoms with E-state index in [1.807, 2.05) is 0 Å². The van der Waals surface area contributed by atoms with E-state index in [2.05, 4.69) is 4.98 Å². The van der Waals surface area contributed by atoms with E-state index in [9.17, 15) is 9.59 Å². The van der Waals surface area contributed by atoms with Gasteiger partial charge in [-0.2, -0.15) is 4.98 Å². The lowest BCUT2D eigenvalue weighted by atomic mass is 9.98. The second-order valence-electron chi connectivity index (χ2n) is 6.07. The summed E-state index contributed by atoms with van der Waals surface area (Å²) in [6.07, 6.45) is 0.242. The molecule has 0 bridgehead atoms. The molecule has 0 radical (unpaired) electrons. The van der Waals surface area contributed by atoms with E-state index >= 15 is 0 Å². The summed E-state index contributed by atoms with van der Waals surface area (Å²) >= 11 is 0. The molecule has 1 fully saturated rings. The molecule has 0 aliphatic carbocycles. The highest BCUT2D eigenvalue weighted by atomic mass is 16.8. The van der Waals surface area contributed by atoms with E-state index < -0.39 is 23.6 Å². The van der Waals surface area contributed by atoms with Crippen LogP contribution in [0.2, 0.25) is 0 Å². The van der Waals surface area contributed by atoms with Gasteiger partial charge in [0, 0.05) is 6.20 Å².